The third-order valence-electron chi connectivity index (χ3n) is 1.81. The SMILES string of the molecule is COc1ccncc1C(O)C(C)O. The van der Waals surface area contributed by atoms with E-state index in [-0.39, 0.29) is 0 Å². The van der Waals surface area contributed by atoms with E-state index in [9.17, 15) is 5.11 Å². The van der Waals surface area contributed by atoms with E-state index in [4.69, 9.17) is 9.84 Å². The van der Waals surface area contributed by atoms with E-state index in [1.807, 2.05) is 0 Å². The van der Waals surface area contributed by atoms with E-state index in [0.29, 0.717) is 11.3 Å². The Morgan fingerprint density at radius 1 is 1.46 bits per heavy atom. The number of hydrogen-bond donors (Lipinski definition) is 2. The highest BCUT2D eigenvalue weighted by atomic mass is 16.5. The van der Waals surface area contributed by atoms with E-state index < -0.39 is 12.2 Å². The molecular formula is C9H13NO3. The lowest BCUT2D eigenvalue weighted by atomic mass is 10.1. The Hall–Kier alpha value is -1.13. The summed E-state index contributed by atoms with van der Waals surface area (Å²) in [5.41, 5.74) is 0.500. The zero-order chi connectivity index (χ0) is 9.84. The first-order valence-corrected chi connectivity index (χ1v) is 4.01. The minimum Gasteiger partial charge on any atom is -0.496 e. The number of methoxy groups -OCH3 is 1. The molecule has 13 heavy (non-hydrogen) atoms. The average Bonchev–Trinajstić information content (AvgIpc) is 2.16. The third-order valence-corrected chi connectivity index (χ3v) is 1.81. The lowest BCUT2D eigenvalue weighted by Crippen LogP contribution is -2.14. The molecule has 0 aromatic carbocycles. The van der Waals surface area contributed by atoms with Crippen molar-refractivity contribution in [1.29, 1.82) is 0 Å². The molecule has 0 aliphatic heterocycles. The van der Waals surface area contributed by atoms with E-state index in [1.54, 1.807) is 12.3 Å². The second kappa shape index (κ2) is 4.20. The van der Waals surface area contributed by atoms with Gasteiger partial charge in [0.2, 0.25) is 0 Å². The van der Waals surface area contributed by atoms with Crippen LogP contribution in [0.4, 0.5) is 0 Å². The van der Waals surface area contributed by atoms with Crippen LogP contribution in [0.5, 0.6) is 5.75 Å². The molecule has 1 aromatic heterocycles. The molecular weight excluding hydrogens is 170 g/mol. The van der Waals surface area contributed by atoms with Crippen LogP contribution in [0.2, 0.25) is 0 Å². The molecule has 0 saturated carbocycles. The van der Waals surface area contributed by atoms with Gasteiger partial charge in [0.15, 0.2) is 0 Å². The maximum absolute atomic E-state index is 9.54. The molecule has 0 saturated heterocycles. The summed E-state index contributed by atoms with van der Waals surface area (Å²) in [6.07, 6.45) is 1.26. The second-order valence-electron chi connectivity index (χ2n) is 2.80. The minimum atomic E-state index is -0.955. The van der Waals surface area contributed by atoms with Crippen LogP contribution in [-0.2, 0) is 0 Å². The number of aliphatic hydroxyl groups excluding tert-OH is 2. The van der Waals surface area contributed by atoms with Crippen molar-refractivity contribution in [2.24, 2.45) is 0 Å². The summed E-state index contributed by atoms with van der Waals surface area (Å²) in [7, 11) is 1.51. The number of hydrogen-bond acceptors (Lipinski definition) is 4. The van der Waals surface area contributed by atoms with Gasteiger partial charge < -0.3 is 14.9 Å². The fourth-order valence-corrected chi connectivity index (χ4v) is 1.06. The van der Waals surface area contributed by atoms with Gasteiger partial charge in [-0.25, -0.2) is 0 Å². The molecule has 0 aliphatic rings. The molecule has 1 heterocycles. The third kappa shape index (κ3) is 2.17. The molecule has 1 rings (SSSR count). The van der Waals surface area contributed by atoms with Gasteiger partial charge in [-0.05, 0) is 13.0 Å². The molecule has 4 nitrogen and oxygen atoms in total. The van der Waals surface area contributed by atoms with Crippen LogP contribution in [0.25, 0.3) is 0 Å². The van der Waals surface area contributed by atoms with Crippen LogP contribution >= 0.6 is 0 Å². The smallest absolute Gasteiger partial charge is 0.127 e. The number of aliphatic hydroxyl groups is 2. The van der Waals surface area contributed by atoms with Crippen LogP contribution in [0.15, 0.2) is 18.5 Å². The molecule has 0 bridgehead atoms. The maximum Gasteiger partial charge on any atom is 0.127 e. The standard InChI is InChI=1S/C9H13NO3/c1-6(11)9(12)7-5-10-4-3-8(7)13-2/h3-6,9,11-12H,1-2H3. The van der Waals surface area contributed by atoms with Gasteiger partial charge in [-0.15, -0.1) is 0 Å². The summed E-state index contributed by atoms with van der Waals surface area (Å²) >= 11 is 0. The summed E-state index contributed by atoms with van der Waals surface area (Å²) in [5, 5.41) is 18.7. The molecule has 0 fully saturated rings. The maximum atomic E-state index is 9.54. The van der Waals surface area contributed by atoms with Gasteiger partial charge >= 0.3 is 0 Å². The van der Waals surface area contributed by atoms with E-state index in [1.165, 1.54) is 20.2 Å². The monoisotopic (exact) mass is 183 g/mol. The van der Waals surface area contributed by atoms with Gasteiger partial charge in [0.1, 0.15) is 11.9 Å². The fraction of sp³-hybridized carbons (Fsp3) is 0.444. The Kier molecular flexibility index (Phi) is 3.22. The minimum absolute atomic E-state index is 0.500. The number of nitrogens with zero attached hydrogens (tertiary/aromatic N) is 1. The first-order chi connectivity index (χ1) is 6.16. The fourth-order valence-electron chi connectivity index (χ4n) is 1.06. The lowest BCUT2D eigenvalue weighted by Gasteiger charge is -2.15. The molecule has 0 aliphatic carbocycles. The highest BCUT2D eigenvalue weighted by Crippen LogP contribution is 2.25. The highest BCUT2D eigenvalue weighted by molar-refractivity contribution is 5.32. The van der Waals surface area contributed by atoms with Crippen molar-refractivity contribution in [3.63, 3.8) is 0 Å². The predicted octanol–water partition coefficient (Wildman–Crippen LogP) is 0.504. The summed E-state index contributed by atoms with van der Waals surface area (Å²) in [6, 6.07) is 1.64. The van der Waals surface area contributed by atoms with Crippen molar-refractivity contribution < 1.29 is 14.9 Å². The van der Waals surface area contributed by atoms with Crippen LogP contribution < -0.4 is 4.74 Å². The topological polar surface area (TPSA) is 62.6 Å². The van der Waals surface area contributed by atoms with Crippen molar-refractivity contribution in [3.8, 4) is 5.75 Å². The summed E-state index contributed by atoms with van der Waals surface area (Å²) in [6.45, 7) is 1.51. The Morgan fingerprint density at radius 3 is 2.69 bits per heavy atom. The Balaban J connectivity index is 2.98. The van der Waals surface area contributed by atoms with E-state index in [2.05, 4.69) is 4.98 Å². The second-order valence-corrected chi connectivity index (χ2v) is 2.80. The molecule has 0 radical (unpaired) electrons. The van der Waals surface area contributed by atoms with Gasteiger partial charge in [-0.3, -0.25) is 4.98 Å². The highest BCUT2D eigenvalue weighted by Gasteiger charge is 2.17. The quantitative estimate of drug-likeness (QED) is 0.716. The van der Waals surface area contributed by atoms with E-state index in [0.717, 1.165) is 0 Å². The number of pyridine rings is 1. The van der Waals surface area contributed by atoms with Gasteiger partial charge in [0.25, 0.3) is 0 Å². The zero-order valence-electron chi connectivity index (χ0n) is 7.64. The normalized spacial score (nSPS) is 15.1. The van der Waals surface area contributed by atoms with Gasteiger partial charge in [0.05, 0.1) is 13.2 Å². The summed E-state index contributed by atoms with van der Waals surface area (Å²) in [4.78, 5) is 3.85. The Morgan fingerprint density at radius 2 is 2.15 bits per heavy atom. The average molecular weight is 183 g/mol. The molecule has 2 atom stereocenters. The van der Waals surface area contributed by atoms with Crippen LogP contribution in [-0.4, -0.2) is 28.4 Å². The molecule has 0 amide bonds. The van der Waals surface area contributed by atoms with Crippen molar-refractivity contribution in [2.45, 2.75) is 19.1 Å². The van der Waals surface area contributed by atoms with Gasteiger partial charge in [0, 0.05) is 18.0 Å². The first-order valence-electron chi connectivity index (χ1n) is 4.01. The molecule has 72 valence electrons. The van der Waals surface area contributed by atoms with Crippen LogP contribution in [0.1, 0.15) is 18.6 Å². The summed E-state index contributed by atoms with van der Waals surface area (Å²) < 4.78 is 5.01. The Labute approximate surface area is 76.8 Å². The molecule has 4 heteroatoms. The zero-order valence-corrected chi connectivity index (χ0v) is 7.64. The molecule has 2 unspecified atom stereocenters. The van der Waals surface area contributed by atoms with Crippen molar-refractivity contribution in [1.82, 2.24) is 4.98 Å². The molecule has 1 aromatic rings. The van der Waals surface area contributed by atoms with Crippen LogP contribution in [0.3, 0.4) is 0 Å². The van der Waals surface area contributed by atoms with Crippen LogP contribution in [0, 0.1) is 0 Å². The predicted molar refractivity (Wildman–Crippen MR) is 47.4 cm³/mol. The Bertz CT molecular complexity index is 275. The van der Waals surface area contributed by atoms with Crippen molar-refractivity contribution in [2.75, 3.05) is 7.11 Å². The molecule has 2 N–H and O–H groups in total. The van der Waals surface area contributed by atoms with Gasteiger partial charge in [-0.1, -0.05) is 0 Å². The van der Waals surface area contributed by atoms with Crippen molar-refractivity contribution in [3.05, 3.63) is 24.0 Å². The van der Waals surface area contributed by atoms with Crippen molar-refractivity contribution >= 4 is 0 Å². The lowest BCUT2D eigenvalue weighted by molar-refractivity contribution is 0.0288. The first kappa shape index (κ1) is 9.95. The number of aromatic nitrogens is 1. The van der Waals surface area contributed by atoms with E-state index >= 15 is 0 Å². The summed E-state index contributed by atoms with van der Waals surface area (Å²) in [5.74, 6) is 0.531. The molecule has 0 spiro atoms. The number of rotatable bonds is 3. The van der Waals surface area contributed by atoms with Gasteiger partial charge in [-0.2, -0.15) is 0 Å². The number of ether oxygens (including phenoxy) is 1. The largest absolute Gasteiger partial charge is 0.496 e.